The zero-order chi connectivity index (χ0) is 17.9. The molecule has 7 heteroatoms. The molecule has 1 aliphatic rings. The molecule has 1 atom stereocenters. The second kappa shape index (κ2) is 11.6. The summed E-state index contributed by atoms with van der Waals surface area (Å²) >= 11 is 1.96. The Bertz CT molecular complexity index is 498. The lowest BCUT2D eigenvalue weighted by molar-refractivity contribution is 0.0705. The minimum absolute atomic E-state index is 0.196. The van der Waals surface area contributed by atoms with Gasteiger partial charge in [-0.25, -0.2) is 0 Å². The highest BCUT2D eigenvalue weighted by Crippen LogP contribution is 2.28. The van der Waals surface area contributed by atoms with Crippen LogP contribution in [0.25, 0.3) is 0 Å². The number of ether oxygens (including phenoxy) is 2. The highest BCUT2D eigenvalue weighted by Gasteiger charge is 2.16. The molecule has 0 radical (unpaired) electrons. The van der Waals surface area contributed by atoms with Crippen molar-refractivity contribution in [3.63, 3.8) is 0 Å². The molecule has 1 fully saturated rings. The van der Waals surface area contributed by atoms with Crippen LogP contribution in [-0.2, 0) is 6.54 Å². The van der Waals surface area contributed by atoms with E-state index in [1.807, 2.05) is 30.0 Å². The van der Waals surface area contributed by atoms with Crippen molar-refractivity contribution in [3.8, 4) is 11.5 Å². The largest absolute Gasteiger partial charge is 0.493 e. The molecular formula is C18H30N2O4S. The Labute approximate surface area is 154 Å². The minimum atomic E-state index is -0.507. The maximum Gasteiger partial charge on any atom is 0.161 e. The molecule has 1 aromatic rings. The first-order chi connectivity index (χ1) is 12.2. The number of benzene rings is 1. The number of hydrogen-bond acceptors (Lipinski definition) is 7. The Morgan fingerprint density at radius 2 is 2.08 bits per heavy atom. The maximum atomic E-state index is 10.2. The summed E-state index contributed by atoms with van der Waals surface area (Å²) in [6.45, 7) is 4.65. The molecule has 0 spiro atoms. The molecule has 6 nitrogen and oxygen atoms in total. The van der Waals surface area contributed by atoms with Crippen molar-refractivity contribution in [2.45, 2.75) is 19.1 Å². The quantitative estimate of drug-likeness (QED) is 0.501. The standard InChI is InChI=1S/C18H30N2O4S/c1-23-18-11-15(12-19-5-2-8-21)3-4-17(18)24-14-16(22)13-20-6-9-25-10-7-20/h3-4,11,16,19,21-22H,2,5-10,12-14H2,1H3. The van der Waals surface area contributed by atoms with Crippen molar-refractivity contribution >= 4 is 11.8 Å². The molecule has 1 heterocycles. The monoisotopic (exact) mass is 370 g/mol. The first kappa shape index (κ1) is 20.3. The van der Waals surface area contributed by atoms with Crippen LogP contribution in [0.2, 0.25) is 0 Å². The smallest absolute Gasteiger partial charge is 0.161 e. The van der Waals surface area contributed by atoms with E-state index < -0.39 is 6.10 Å². The van der Waals surface area contributed by atoms with Crippen molar-refractivity contribution in [1.82, 2.24) is 10.2 Å². The molecule has 25 heavy (non-hydrogen) atoms. The van der Waals surface area contributed by atoms with Gasteiger partial charge >= 0.3 is 0 Å². The fourth-order valence-electron chi connectivity index (χ4n) is 2.70. The third-order valence-electron chi connectivity index (χ3n) is 4.07. The summed E-state index contributed by atoms with van der Waals surface area (Å²) in [5.74, 6) is 3.59. The Hall–Kier alpha value is -0.990. The van der Waals surface area contributed by atoms with Gasteiger partial charge in [-0.3, -0.25) is 4.90 Å². The van der Waals surface area contributed by atoms with Crippen molar-refractivity contribution < 1.29 is 19.7 Å². The van der Waals surface area contributed by atoms with Crippen LogP contribution >= 0.6 is 11.8 Å². The van der Waals surface area contributed by atoms with Gasteiger partial charge in [-0.1, -0.05) is 6.07 Å². The summed E-state index contributed by atoms with van der Waals surface area (Å²) in [5.41, 5.74) is 1.09. The molecule has 0 aliphatic carbocycles. The predicted octanol–water partition coefficient (Wildman–Crippen LogP) is 0.956. The third kappa shape index (κ3) is 7.42. The summed E-state index contributed by atoms with van der Waals surface area (Å²) in [5, 5.41) is 22.3. The lowest BCUT2D eigenvalue weighted by atomic mass is 10.2. The topological polar surface area (TPSA) is 74.2 Å². The van der Waals surface area contributed by atoms with Gasteiger partial charge in [0, 0.05) is 44.3 Å². The Kier molecular flexibility index (Phi) is 9.42. The average Bonchev–Trinajstić information content (AvgIpc) is 2.64. The van der Waals surface area contributed by atoms with Crippen LogP contribution in [0.1, 0.15) is 12.0 Å². The number of hydrogen-bond donors (Lipinski definition) is 3. The van der Waals surface area contributed by atoms with E-state index in [0.29, 0.717) is 24.6 Å². The minimum Gasteiger partial charge on any atom is -0.493 e. The van der Waals surface area contributed by atoms with E-state index in [1.54, 1.807) is 7.11 Å². The van der Waals surface area contributed by atoms with Crippen LogP contribution in [0.5, 0.6) is 11.5 Å². The Balaban J connectivity index is 1.79. The second-order valence-corrected chi connectivity index (χ2v) is 7.34. The fourth-order valence-corrected chi connectivity index (χ4v) is 3.68. The molecule has 2 rings (SSSR count). The zero-order valence-electron chi connectivity index (χ0n) is 14.9. The molecule has 0 bridgehead atoms. The number of thioether (sulfide) groups is 1. The second-order valence-electron chi connectivity index (χ2n) is 6.12. The summed E-state index contributed by atoms with van der Waals surface area (Å²) in [6.07, 6.45) is 0.235. The molecule has 0 aromatic heterocycles. The summed E-state index contributed by atoms with van der Waals surface area (Å²) in [6, 6.07) is 5.81. The van der Waals surface area contributed by atoms with Gasteiger partial charge in [-0.2, -0.15) is 11.8 Å². The van der Waals surface area contributed by atoms with Crippen LogP contribution in [0.4, 0.5) is 0 Å². The SMILES string of the molecule is COc1cc(CNCCCO)ccc1OCC(O)CN1CCSCC1. The number of nitrogens with one attached hydrogen (secondary N) is 1. The number of β-amino-alcohol motifs (C(OH)–C–C–N with tert-alkyl or cyclic N) is 1. The molecule has 1 saturated heterocycles. The number of nitrogens with zero attached hydrogens (tertiary/aromatic N) is 1. The van der Waals surface area contributed by atoms with Gasteiger partial charge in [0.15, 0.2) is 11.5 Å². The highest BCUT2D eigenvalue weighted by molar-refractivity contribution is 7.99. The van der Waals surface area contributed by atoms with E-state index in [4.69, 9.17) is 14.6 Å². The van der Waals surface area contributed by atoms with Crippen LogP contribution in [-0.4, -0.2) is 79.2 Å². The summed E-state index contributed by atoms with van der Waals surface area (Å²) < 4.78 is 11.2. The van der Waals surface area contributed by atoms with Crippen molar-refractivity contribution in [2.24, 2.45) is 0 Å². The van der Waals surface area contributed by atoms with Crippen LogP contribution in [0, 0.1) is 0 Å². The van der Waals surface area contributed by atoms with Crippen molar-refractivity contribution in [2.75, 3.05) is 58.0 Å². The van der Waals surface area contributed by atoms with Gasteiger partial charge in [0.25, 0.3) is 0 Å². The van der Waals surface area contributed by atoms with Crippen LogP contribution < -0.4 is 14.8 Å². The number of methoxy groups -OCH3 is 1. The summed E-state index contributed by atoms with van der Waals surface area (Å²) in [7, 11) is 1.62. The molecule has 0 saturated carbocycles. The molecule has 1 unspecified atom stereocenters. The molecule has 3 N–H and O–H groups in total. The van der Waals surface area contributed by atoms with E-state index in [9.17, 15) is 5.11 Å². The van der Waals surface area contributed by atoms with E-state index in [2.05, 4.69) is 10.2 Å². The van der Waals surface area contributed by atoms with E-state index in [0.717, 1.165) is 43.1 Å². The lowest BCUT2D eigenvalue weighted by Crippen LogP contribution is -2.40. The summed E-state index contributed by atoms with van der Waals surface area (Å²) in [4.78, 5) is 2.28. The van der Waals surface area contributed by atoms with Gasteiger partial charge in [-0.05, 0) is 30.7 Å². The molecule has 142 valence electrons. The maximum absolute atomic E-state index is 10.2. The molecule has 1 aromatic carbocycles. The van der Waals surface area contributed by atoms with Crippen molar-refractivity contribution in [1.29, 1.82) is 0 Å². The average molecular weight is 371 g/mol. The highest BCUT2D eigenvalue weighted by atomic mass is 32.2. The zero-order valence-corrected chi connectivity index (χ0v) is 15.8. The van der Waals surface area contributed by atoms with E-state index in [-0.39, 0.29) is 13.2 Å². The fraction of sp³-hybridized carbons (Fsp3) is 0.667. The Morgan fingerprint density at radius 3 is 2.80 bits per heavy atom. The predicted molar refractivity (Wildman–Crippen MR) is 102 cm³/mol. The van der Waals surface area contributed by atoms with Crippen LogP contribution in [0.3, 0.4) is 0 Å². The van der Waals surface area contributed by atoms with Gasteiger partial charge in [0.2, 0.25) is 0 Å². The van der Waals surface area contributed by atoms with Gasteiger partial charge in [0.1, 0.15) is 12.7 Å². The molecular weight excluding hydrogens is 340 g/mol. The third-order valence-corrected chi connectivity index (χ3v) is 5.02. The molecule has 0 amide bonds. The van der Waals surface area contributed by atoms with Gasteiger partial charge in [0.05, 0.1) is 7.11 Å². The van der Waals surface area contributed by atoms with E-state index >= 15 is 0 Å². The van der Waals surface area contributed by atoms with Gasteiger partial charge in [-0.15, -0.1) is 0 Å². The number of aliphatic hydroxyl groups is 2. The van der Waals surface area contributed by atoms with Gasteiger partial charge < -0.3 is 25.0 Å². The first-order valence-corrected chi connectivity index (χ1v) is 9.98. The van der Waals surface area contributed by atoms with Crippen LogP contribution in [0.15, 0.2) is 18.2 Å². The first-order valence-electron chi connectivity index (χ1n) is 8.82. The number of rotatable bonds is 11. The normalized spacial score (nSPS) is 16.6. The van der Waals surface area contributed by atoms with E-state index in [1.165, 1.54) is 0 Å². The molecule has 1 aliphatic heterocycles. The lowest BCUT2D eigenvalue weighted by Gasteiger charge is -2.28. The van der Waals surface area contributed by atoms with Crippen molar-refractivity contribution in [3.05, 3.63) is 23.8 Å². The number of aliphatic hydroxyl groups excluding tert-OH is 2. The Morgan fingerprint density at radius 1 is 1.28 bits per heavy atom.